The highest BCUT2D eigenvalue weighted by atomic mass is 16.6. The fourth-order valence-electron chi connectivity index (χ4n) is 4.17. The van der Waals surface area contributed by atoms with Crippen molar-refractivity contribution in [3.8, 4) is 0 Å². The molecular weight excluding hydrogens is 364 g/mol. The van der Waals surface area contributed by atoms with Crippen molar-refractivity contribution in [1.82, 2.24) is 9.88 Å². The standard InChI is InChI=1S/C24H22N2O3/c27-24(29-14-17-4-2-1-3-5-17)26-22-11-21(12-23(26)16-28-15-22)18-6-7-20-13-25-9-8-19(20)10-18/h1-11,13,22-23H,12,14-16H2. The van der Waals surface area contributed by atoms with E-state index in [0.29, 0.717) is 13.2 Å². The van der Waals surface area contributed by atoms with Gasteiger partial charge in [0.15, 0.2) is 0 Å². The van der Waals surface area contributed by atoms with Gasteiger partial charge in [-0.15, -0.1) is 0 Å². The van der Waals surface area contributed by atoms with Crippen LogP contribution >= 0.6 is 0 Å². The average Bonchev–Trinajstić information content (AvgIpc) is 2.77. The Labute approximate surface area is 169 Å². The number of hydrogen-bond donors (Lipinski definition) is 0. The first-order chi connectivity index (χ1) is 14.3. The molecule has 1 fully saturated rings. The second kappa shape index (κ2) is 7.68. The molecule has 2 aliphatic rings. The number of carbonyl (C=O) groups excluding carboxylic acids is 1. The Hall–Kier alpha value is -3.18. The Kier molecular flexibility index (Phi) is 4.74. The van der Waals surface area contributed by atoms with E-state index in [4.69, 9.17) is 9.47 Å². The summed E-state index contributed by atoms with van der Waals surface area (Å²) in [6, 6.07) is 18.1. The lowest BCUT2D eigenvalue weighted by molar-refractivity contribution is -0.0342. The van der Waals surface area contributed by atoms with Gasteiger partial charge in [0.2, 0.25) is 0 Å². The molecule has 1 aromatic heterocycles. The SMILES string of the molecule is O=C(OCc1ccccc1)N1C2C=C(c3ccc4cnccc4c3)CC1COC2. The Morgan fingerprint density at radius 3 is 2.86 bits per heavy atom. The van der Waals surface area contributed by atoms with E-state index in [1.807, 2.05) is 53.7 Å². The number of carbonyl (C=O) groups is 1. The minimum atomic E-state index is -0.271. The summed E-state index contributed by atoms with van der Waals surface area (Å²) in [5, 5.41) is 2.30. The smallest absolute Gasteiger partial charge is 0.411 e. The van der Waals surface area contributed by atoms with Crippen LogP contribution in [0, 0.1) is 0 Å². The van der Waals surface area contributed by atoms with E-state index in [-0.39, 0.29) is 24.8 Å². The maximum atomic E-state index is 12.8. The van der Waals surface area contributed by atoms with Gasteiger partial charge in [0.05, 0.1) is 25.3 Å². The molecule has 0 aliphatic carbocycles. The highest BCUT2D eigenvalue weighted by Gasteiger charge is 2.39. The second-order valence-electron chi connectivity index (χ2n) is 7.54. The van der Waals surface area contributed by atoms with Gasteiger partial charge in [-0.1, -0.05) is 48.5 Å². The van der Waals surface area contributed by atoms with E-state index in [1.165, 1.54) is 16.5 Å². The molecule has 0 radical (unpaired) electrons. The minimum Gasteiger partial charge on any atom is -0.445 e. The topological polar surface area (TPSA) is 51.7 Å². The van der Waals surface area contributed by atoms with Crippen molar-refractivity contribution in [3.05, 3.63) is 84.2 Å². The summed E-state index contributed by atoms with van der Waals surface area (Å²) in [5.74, 6) is 0. The first-order valence-electron chi connectivity index (χ1n) is 9.89. The zero-order chi connectivity index (χ0) is 19.6. The van der Waals surface area contributed by atoms with Crippen molar-refractivity contribution in [3.63, 3.8) is 0 Å². The third kappa shape index (κ3) is 3.61. The minimum absolute atomic E-state index is 0.00911. The number of morpholine rings is 1. The van der Waals surface area contributed by atoms with E-state index < -0.39 is 0 Å². The predicted molar refractivity (Wildman–Crippen MR) is 111 cm³/mol. The van der Waals surface area contributed by atoms with Crippen molar-refractivity contribution < 1.29 is 14.3 Å². The average molecular weight is 386 g/mol. The molecule has 2 unspecified atom stereocenters. The molecule has 2 aromatic carbocycles. The fraction of sp³-hybridized carbons (Fsp3) is 0.250. The molecule has 2 atom stereocenters. The number of pyridine rings is 1. The van der Waals surface area contributed by atoms with Gasteiger partial charge in [0.1, 0.15) is 6.61 Å². The first kappa shape index (κ1) is 17.9. The summed E-state index contributed by atoms with van der Waals surface area (Å²) in [6.45, 7) is 1.31. The van der Waals surface area contributed by atoms with Crippen LogP contribution in [0.3, 0.4) is 0 Å². The number of benzene rings is 2. The third-order valence-corrected chi connectivity index (χ3v) is 5.63. The zero-order valence-corrected chi connectivity index (χ0v) is 16.0. The van der Waals surface area contributed by atoms with Gasteiger partial charge in [-0.2, -0.15) is 0 Å². The molecule has 5 nitrogen and oxygen atoms in total. The lowest BCUT2D eigenvalue weighted by Gasteiger charge is -2.43. The molecule has 3 heterocycles. The van der Waals surface area contributed by atoms with Crippen LogP contribution in [0.5, 0.6) is 0 Å². The number of aromatic nitrogens is 1. The van der Waals surface area contributed by atoms with Crippen LogP contribution in [0.2, 0.25) is 0 Å². The van der Waals surface area contributed by atoms with Gasteiger partial charge in [-0.3, -0.25) is 9.88 Å². The molecule has 5 rings (SSSR count). The second-order valence-corrected chi connectivity index (χ2v) is 7.54. The van der Waals surface area contributed by atoms with Crippen LogP contribution in [0.1, 0.15) is 17.5 Å². The molecule has 0 N–H and O–H groups in total. The number of rotatable bonds is 3. The maximum Gasteiger partial charge on any atom is 0.411 e. The molecule has 2 bridgehead atoms. The summed E-state index contributed by atoms with van der Waals surface area (Å²) < 4.78 is 11.3. The monoisotopic (exact) mass is 386 g/mol. The highest BCUT2D eigenvalue weighted by molar-refractivity contribution is 5.86. The van der Waals surface area contributed by atoms with E-state index in [1.54, 1.807) is 0 Å². The molecule has 1 amide bonds. The number of amides is 1. The summed E-state index contributed by atoms with van der Waals surface area (Å²) in [5.41, 5.74) is 3.44. The molecule has 3 aromatic rings. The normalized spacial score (nSPS) is 21.0. The van der Waals surface area contributed by atoms with Gasteiger partial charge < -0.3 is 9.47 Å². The highest BCUT2D eigenvalue weighted by Crippen LogP contribution is 2.34. The van der Waals surface area contributed by atoms with Crippen LogP contribution < -0.4 is 0 Å². The van der Waals surface area contributed by atoms with Gasteiger partial charge in [-0.05, 0) is 40.6 Å². The van der Waals surface area contributed by atoms with Crippen molar-refractivity contribution in [2.24, 2.45) is 0 Å². The zero-order valence-electron chi connectivity index (χ0n) is 16.0. The lowest BCUT2D eigenvalue weighted by atomic mass is 9.89. The van der Waals surface area contributed by atoms with Gasteiger partial charge in [0.25, 0.3) is 0 Å². The molecule has 2 aliphatic heterocycles. The van der Waals surface area contributed by atoms with Crippen LogP contribution in [-0.4, -0.2) is 41.3 Å². The molecule has 1 saturated heterocycles. The van der Waals surface area contributed by atoms with Gasteiger partial charge in [0, 0.05) is 17.8 Å². The third-order valence-electron chi connectivity index (χ3n) is 5.63. The molecule has 29 heavy (non-hydrogen) atoms. The molecule has 146 valence electrons. The predicted octanol–water partition coefficient (Wildman–Crippen LogP) is 4.43. The quantitative estimate of drug-likeness (QED) is 0.668. The van der Waals surface area contributed by atoms with E-state index in [0.717, 1.165) is 17.4 Å². The number of fused-ring (bicyclic) bond motifs is 3. The summed E-state index contributed by atoms with van der Waals surface area (Å²) in [6.07, 6.45) is 6.33. The Balaban J connectivity index is 1.36. The number of nitrogens with zero attached hydrogens (tertiary/aromatic N) is 2. The van der Waals surface area contributed by atoms with Crippen molar-refractivity contribution in [1.29, 1.82) is 0 Å². The summed E-state index contributed by atoms with van der Waals surface area (Å²) in [7, 11) is 0. The van der Waals surface area contributed by atoms with Crippen molar-refractivity contribution in [2.75, 3.05) is 13.2 Å². The van der Waals surface area contributed by atoms with Gasteiger partial charge >= 0.3 is 6.09 Å². The van der Waals surface area contributed by atoms with Crippen LogP contribution in [0.15, 0.2) is 73.1 Å². The lowest BCUT2D eigenvalue weighted by Crippen LogP contribution is -2.56. The van der Waals surface area contributed by atoms with Gasteiger partial charge in [-0.25, -0.2) is 4.79 Å². The molecule has 0 spiro atoms. The maximum absolute atomic E-state index is 12.8. The van der Waals surface area contributed by atoms with Crippen molar-refractivity contribution in [2.45, 2.75) is 25.1 Å². The number of hydrogen-bond acceptors (Lipinski definition) is 4. The van der Waals surface area contributed by atoms with Crippen LogP contribution in [-0.2, 0) is 16.1 Å². The molecular formula is C24H22N2O3. The Morgan fingerprint density at radius 2 is 2.00 bits per heavy atom. The van der Waals surface area contributed by atoms with E-state index >= 15 is 0 Å². The molecule has 5 heteroatoms. The largest absolute Gasteiger partial charge is 0.445 e. The van der Waals surface area contributed by atoms with Crippen molar-refractivity contribution >= 4 is 22.4 Å². The van der Waals surface area contributed by atoms with Crippen LogP contribution in [0.4, 0.5) is 4.79 Å². The Bertz CT molecular complexity index is 1060. The number of ether oxygens (including phenoxy) is 2. The Morgan fingerprint density at radius 1 is 1.10 bits per heavy atom. The summed E-state index contributed by atoms with van der Waals surface area (Å²) in [4.78, 5) is 18.8. The van der Waals surface area contributed by atoms with E-state index in [9.17, 15) is 4.79 Å². The van der Waals surface area contributed by atoms with E-state index in [2.05, 4.69) is 29.3 Å². The fourth-order valence-corrected chi connectivity index (χ4v) is 4.17. The summed E-state index contributed by atoms with van der Waals surface area (Å²) >= 11 is 0. The van der Waals surface area contributed by atoms with Crippen LogP contribution in [0.25, 0.3) is 16.3 Å². The first-order valence-corrected chi connectivity index (χ1v) is 9.89. The molecule has 0 saturated carbocycles.